The molecular weight excluding hydrogens is 426 g/mol. The molecule has 4 rings (SSSR count). The number of halogens is 2. The van der Waals surface area contributed by atoms with Gasteiger partial charge in [0.15, 0.2) is 5.82 Å². The molecule has 0 saturated heterocycles. The second kappa shape index (κ2) is 9.47. The first-order chi connectivity index (χ1) is 15.9. The number of rotatable bonds is 6. The summed E-state index contributed by atoms with van der Waals surface area (Å²) in [6.07, 6.45) is 1.81. The van der Waals surface area contributed by atoms with Gasteiger partial charge in [-0.25, -0.2) is 23.7 Å². The molecule has 3 heterocycles. The highest BCUT2D eigenvalue weighted by Gasteiger charge is 2.13. The van der Waals surface area contributed by atoms with E-state index in [1.54, 1.807) is 31.6 Å². The number of nitrogens with zero attached hydrogens (tertiary/aromatic N) is 4. The molecule has 7 nitrogen and oxygen atoms in total. The van der Waals surface area contributed by atoms with Gasteiger partial charge in [-0.3, -0.25) is 9.78 Å². The third kappa shape index (κ3) is 4.98. The maximum Gasteiger partial charge on any atom is 0.280 e. The molecule has 33 heavy (non-hydrogen) atoms. The standard InChI is InChI=1S/C24H20F2N6O/c1-14-3-5-17(31-24(33)16-4-6-20(22(25)26)30-13-16)12-18(14)19-8-10-29-23(32-19)15-7-9-28-21(11-15)27-2/h3-13,22H,1-2H3,(H,27,28)(H,31,33). The van der Waals surface area contributed by atoms with Gasteiger partial charge in [-0.05, 0) is 55.0 Å². The van der Waals surface area contributed by atoms with Crippen LogP contribution < -0.4 is 10.6 Å². The fraction of sp³-hybridized carbons (Fsp3) is 0.125. The summed E-state index contributed by atoms with van der Waals surface area (Å²) < 4.78 is 25.4. The summed E-state index contributed by atoms with van der Waals surface area (Å²) in [4.78, 5) is 29.5. The van der Waals surface area contributed by atoms with E-state index in [4.69, 9.17) is 4.98 Å². The summed E-state index contributed by atoms with van der Waals surface area (Å²) in [5.74, 6) is 0.807. The van der Waals surface area contributed by atoms with Crippen LogP contribution in [-0.4, -0.2) is 32.9 Å². The van der Waals surface area contributed by atoms with Crippen molar-refractivity contribution in [3.63, 3.8) is 0 Å². The van der Waals surface area contributed by atoms with E-state index in [9.17, 15) is 13.6 Å². The molecule has 0 aliphatic carbocycles. The van der Waals surface area contributed by atoms with E-state index in [-0.39, 0.29) is 11.3 Å². The zero-order valence-electron chi connectivity index (χ0n) is 17.9. The van der Waals surface area contributed by atoms with Gasteiger partial charge in [-0.2, -0.15) is 0 Å². The van der Waals surface area contributed by atoms with Gasteiger partial charge in [0, 0.05) is 42.5 Å². The summed E-state index contributed by atoms with van der Waals surface area (Å²) >= 11 is 0. The smallest absolute Gasteiger partial charge is 0.280 e. The lowest BCUT2D eigenvalue weighted by Gasteiger charge is -2.11. The number of carbonyl (C=O) groups excluding carboxylic acids is 1. The van der Waals surface area contributed by atoms with E-state index in [1.807, 2.05) is 31.2 Å². The number of hydrogen-bond donors (Lipinski definition) is 2. The van der Waals surface area contributed by atoms with Gasteiger partial charge in [-0.15, -0.1) is 0 Å². The molecule has 0 aliphatic rings. The number of aromatic nitrogens is 4. The summed E-state index contributed by atoms with van der Waals surface area (Å²) in [5, 5.41) is 5.77. The topological polar surface area (TPSA) is 92.7 Å². The van der Waals surface area contributed by atoms with Crippen LogP contribution in [0, 0.1) is 6.92 Å². The van der Waals surface area contributed by atoms with E-state index in [0.29, 0.717) is 23.0 Å². The summed E-state index contributed by atoms with van der Waals surface area (Å²) in [7, 11) is 1.79. The molecule has 4 aromatic rings. The molecule has 1 amide bonds. The van der Waals surface area contributed by atoms with Gasteiger partial charge in [0.1, 0.15) is 11.5 Å². The fourth-order valence-corrected chi connectivity index (χ4v) is 3.20. The zero-order valence-corrected chi connectivity index (χ0v) is 17.9. The molecule has 9 heteroatoms. The van der Waals surface area contributed by atoms with Crippen molar-refractivity contribution in [3.8, 4) is 22.6 Å². The molecular formula is C24H20F2N6O. The number of anilines is 2. The van der Waals surface area contributed by atoms with Crippen molar-refractivity contribution in [2.75, 3.05) is 17.7 Å². The number of pyridine rings is 2. The van der Waals surface area contributed by atoms with E-state index in [0.717, 1.165) is 29.0 Å². The Bertz CT molecular complexity index is 1290. The Morgan fingerprint density at radius 1 is 0.970 bits per heavy atom. The Hall–Kier alpha value is -4.27. The molecule has 0 aliphatic heterocycles. The van der Waals surface area contributed by atoms with Crippen LogP contribution in [0.15, 0.2) is 67.1 Å². The number of nitrogens with one attached hydrogen (secondary N) is 2. The van der Waals surface area contributed by atoms with Crippen LogP contribution in [0.5, 0.6) is 0 Å². The molecule has 2 N–H and O–H groups in total. The normalized spacial score (nSPS) is 10.8. The molecule has 1 aromatic carbocycles. The minimum Gasteiger partial charge on any atom is -0.373 e. The molecule has 0 radical (unpaired) electrons. The Kier molecular flexibility index (Phi) is 6.30. The predicted molar refractivity (Wildman–Crippen MR) is 122 cm³/mol. The minimum absolute atomic E-state index is 0.184. The lowest BCUT2D eigenvalue weighted by Crippen LogP contribution is -2.12. The molecule has 0 atom stereocenters. The summed E-state index contributed by atoms with van der Waals surface area (Å²) in [5.41, 5.74) is 3.65. The SMILES string of the molecule is CNc1cc(-c2nccc(-c3cc(NC(=O)c4ccc(C(F)F)nc4)ccc3C)n2)ccn1. The van der Waals surface area contributed by atoms with Crippen LogP contribution in [0.3, 0.4) is 0 Å². The average Bonchev–Trinajstić information content (AvgIpc) is 2.85. The number of benzene rings is 1. The Balaban J connectivity index is 1.60. The first-order valence-corrected chi connectivity index (χ1v) is 10.1. The van der Waals surface area contributed by atoms with Gasteiger partial charge in [0.25, 0.3) is 12.3 Å². The highest BCUT2D eigenvalue weighted by Crippen LogP contribution is 2.27. The highest BCUT2D eigenvalue weighted by atomic mass is 19.3. The van der Waals surface area contributed by atoms with Crippen LogP contribution >= 0.6 is 0 Å². The van der Waals surface area contributed by atoms with Crippen LogP contribution in [0.25, 0.3) is 22.6 Å². The van der Waals surface area contributed by atoms with Crippen molar-refractivity contribution >= 4 is 17.4 Å². The molecule has 0 unspecified atom stereocenters. The van der Waals surface area contributed by atoms with Gasteiger partial charge in [-0.1, -0.05) is 6.07 Å². The molecule has 0 bridgehead atoms. The maximum absolute atomic E-state index is 12.7. The van der Waals surface area contributed by atoms with E-state index >= 15 is 0 Å². The van der Waals surface area contributed by atoms with E-state index < -0.39 is 12.3 Å². The lowest BCUT2D eigenvalue weighted by molar-refractivity contribution is 0.102. The average molecular weight is 446 g/mol. The van der Waals surface area contributed by atoms with Crippen molar-refractivity contribution in [3.05, 3.63) is 83.9 Å². The van der Waals surface area contributed by atoms with Crippen molar-refractivity contribution in [1.82, 2.24) is 19.9 Å². The van der Waals surface area contributed by atoms with Crippen molar-refractivity contribution < 1.29 is 13.6 Å². The van der Waals surface area contributed by atoms with Crippen LogP contribution in [-0.2, 0) is 0 Å². The Labute approximate surface area is 189 Å². The van der Waals surface area contributed by atoms with Crippen LogP contribution in [0.1, 0.15) is 28.0 Å². The second-order valence-electron chi connectivity index (χ2n) is 7.20. The molecule has 0 spiro atoms. The van der Waals surface area contributed by atoms with E-state index in [2.05, 4.69) is 25.6 Å². The first-order valence-electron chi connectivity index (χ1n) is 10.1. The van der Waals surface area contributed by atoms with Crippen molar-refractivity contribution in [2.45, 2.75) is 13.3 Å². The Morgan fingerprint density at radius 2 is 1.79 bits per heavy atom. The summed E-state index contributed by atoms with van der Waals surface area (Å²) in [6.45, 7) is 1.95. The lowest BCUT2D eigenvalue weighted by atomic mass is 10.0. The monoisotopic (exact) mass is 446 g/mol. The zero-order chi connectivity index (χ0) is 23.4. The van der Waals surface area contributed by atoms with Gasteiger partial charge >= 0.3 is 0 Å². The van der Waals surface area contributed by atoms with Crippen LogP contribution in [0.2, 0.25) is 0 Å². The van der Waals surface area contributed by atoms with Gasteiger partial charge < -0.3 is 10.6 Å². The third-order valence-electron chi connectivity index (χ3n) is 4.97. The van der Waals surface area contributed by atoms with Gasteiger partial charge in [0.2, 0.25) is 0 Å². The molecule has 0 fully saturated rings. The van der Waals surface area contributed by atoms with Gasteiger partial charge in [0.05, 0.1) is 11.3 Å². The number of alkyl halides is 2. The predicted octanol–water partition coefficient (Wildman–Crippen LogP) is 5.14. The molecule has 166 valence electrons. The fourth-order valence-electron chi connectivity index (χ4n) is 3.20. The highest BCUT2D eigenvalue weighted by molar-refractivity contribution is 6.04. The largest absolute Gasteiger partial charge is 0.373 e. The second-order valence-corrected chi connectivity index (χ2v) is 7.20. The van der Waals surface area contributed by atoms with Crippen molar-refractivity contribution in [1.29, 1.82) is 0 Å². The number of amides is 1. The first kappa shape index (κ1) is 21.9. The number of carbonyl (C=O) groups is 1. The Morgan fingerprint density at radius 3 is 2.52 bits per heavy atom. The van der Waals surface area contributed by atoms with Crippen LogP contribution in [0.4, 0.5) is 20.3 Å². The minimum atomic E-state index is -2.68. The molecule has 0 saturated carbocycles. The quantitative estimate of drug-likeness (QED) is 0.426. The summed E-state index contributed by atoms with van der Waals surface area (Å²) in [6, 6.07) is 13.4. The number of aryl methyl sites for hydroxylation is 1. The van der Waals surface area contributed by atoms with E-state index in [1.165, 1.54) is 6.07 Å². The maximum atomic E-state index is 12.7. The number of hydrogen-bond acceptors (Lipinski definition) is 6. The third-order valence-corrected chi connectivity index (χ3v) is 4.97. The molecule has 3 aromatic heterocycles. The van der Waals surface area contributed by atoms with Crippen molar-refractivity contribution in [2.24, 2.45) is 0 Å².